The van der Waals surface area contributed by atoms with E-state index >= 15 is 0 Å². The van der Waals surface area contributed by atoms with E-state index in [1.54, 1.807) is 23.0 Å². The summed E-state index contributed by atoms with van der Waals surface area (Å²) in [4.78, 5) is 22.0. The number of hydrogen-bond acceptors (Lipinski definition) is 4. The van der Waals surface area contributed by atoms with Crippen molar-refractivity contribution < 1.29 is 0 Å². The molecule has 0 aliphatic carbocycles. The van der Waals surface area contributed by atoms with Crippen LogP contribution in [0.5, 0.6) is 0 Å². The molecule has 96 valence electrons. The van der Waals surface area contributed by atoms with Crippen molar-refractivity contribution in [2.45, 2.75) is 0 Å². The molecule has 0 bridgehead atoms. The molecule has 0 saturated heterocycles. The van der Waals surface area contributed by atoms with Crippen LogP contribution >= 0.6 is 0 Å². The maximum atomic E-state index is 11.2. The lowest BCUT2D eigenvalue weighted by molar-refractivity contribution is 0.905. The standard InChI is InChI=1S/C13H13N5O/c1-17(2)9-3-4-10(14-7-9)11-8-18-12(15-11)5-6-13(19)16-18/h3-8H,1-2H3,(H,16,19). The Labute approximate surface area is 109 Å². The number of fused-ring (bicyclic) bond motifs is 1. The second-order valence-electron chi connectivity index (χ2n) is 4.46. The first-order chi connectivity index (χ1) is 9.13. The smallest absolute Gasteiger partial charge is 0.262 e. The summed E-state index contributed by atoms with van der Waals surface area (Å²) in [5, 5.41) is 2.67. The highest BCUT2D eigenvalue weighted by molar-refractivity contribution is 5.60. The quantitative estimate of drug-likeness (QED) is 0.746. The molecule has 0 atom stereocenters. The summed E-state index contributed by atoms with van der Waals surface area (Å²) in [5.74, 6) is 0. The molecule has 3 aromatic heterocycles. The molecule has 0 unspecified atom stereocenters. The van der Waals surface area contributed by atoms with Gasteiger partial charge in [0.15, 0.2) is 5.65 Å². The van der Waals surface area contributed by atoms with E-state index in [1.165, 1.54) is 6.07 Å². The molecule has 6 heteroatoms. The van der Waals surface area contributed by atoms with Gasteiger partial charge < -0.3 is 4.90 Å². The number of nitrogens with zero attached hydrogens (tertiary/aromatic N) is 4. The fraction of sp³-hybridized carbons (Fsp3) is 0.154. The maximum Gasteiger partial charge on any atom is 0.262 e. The van der Waals surface area contributed by atoms with Gasteiger partial charge in [0.05, 0.1) is 23.8 Å². The molecule has 0 amide bonds. The zero-order chi connectivity index (χ0) is 13.4. The third-order valence-corrected chi connectivity index (χ3v) is 2.87. The summed E-state index contributed by atoms with van der Waals surface area (Å²) in [6.07, 6.45) is 3.55. The summed E-state index contributed by atoms with van der Waals surface area (Å²) in [7, 11) is 3.93. The Hall–Kier alpha value is -2.63. The van der Waals surface area contributed by atoms with E-state index in [9.17, 15) is 4.79 Å². The van der Waals surface area contributed by atoms with Crippen LogP contribution in [-0.2, 0) is 0 Å². The third kappa shape index (κ3) is 2.08. The average molecular weight is 255 g/mol. The molecule has 0 radical (unpaired) electrons. The molecule has 3 rings (SSSR count). The molecule has 1 N–H and O–H groups in total. The predicted molar refractivity (Wildman–Crippen MR) is 73.4 cm³/mol. The minimum Gasteiger partial charge on any atom is -0.376 e. The van der Waals surface area contributed by atoms with Crippen LogP contribution in [0.1, 0.15) is 0 Å². The lowest BCUT2D eigenvalue weighted by Gasteiger charge is -2.11. The van der Waals surface area contributed by atoms with Crippen LogP contribution in [0, 0.1) is 0 Å². The van der Waals surface area contributed by atoms with E-state index in [2.05, 4.69) is 15.1 Å². The number of aromatic nitrogens is 4. The molecule has 3 aromatic rings. The van der Waals surface area contributed by atoms with Crippen LogP contribution < -0.4 is 10.5 Å². The van der Waals surface area contributed by atoms with Crippen molar-refractivity contribution in [3.63, 3.8) is 0 Å². The normalized spacial score (nSPS) is 10.8. The molecular formula is C13H13N5O. The van der Waals surface area contributed by atoms with E-state index in [0.717, 1.165) is 17.1 Å². The van der Waals surface area contributed by atoms with E-state index < -0.39 is 0 Å². The number of nitrogens with one attached hydrogen (secondary N) is 1. The largest absolute Gasteiger partial charge is 0.376 e. The maximum absolute atomic E-state index is 11.2. The van der Waals surface area contributed by atoms with Crippen LogP contribution in [0.25, 0.3) is 17.0 Å². The molecule has 0 aromatic carbocycles. The minimum absolute atomic E-state index is 0.160. The number of aromatic amines is 1. The molecule has 19 heavy (non-hydrogen) atoms. The van der Waals surface area contributed by atoms with Crippen LogP contribution in [-0.4, -0.2) is 33.7 Å². The molecular weight excluding hydrogens is 242 g/mol. The van der Waals surface area contributed by atoms with Gasteiger partial charge in [-0.2, -0.15) is 0 Å². The van der Waals surface area contributed by atoms with Gasteiger partial charge in [-0.3, -0.25) is 14.9 Å². The Morgan fingerprint density at radius 3 is 2.68 bits per heavy atom. The first-order valence-electron chi connectivity index (χ1n) is 5.86. The first-order valence-corrected chi connectivity index (χ1v) is 5.86. The lowest BCUT2D eigenvalue weighted by atomic mass is 10.3. The van der Waals surface area contributed by atoms with E-state index in [0.29, 0.717) is 5.65 Å². The fourth-order valence-corrected chi connectivity index (χ4v) is 1.83. The summed E-state index contributed by atoms with van der Waals surface area (Å²) in [6.45, 7) is 0. The second-order valence-corrected chi connectivity index (χ2v) is 4.46. The number of pyridine rings is 1. The van der Waals surface area contributed by atoms with Gasteiger partial charge in [-0.25, -0.2) is 9.50 Å². The molecule has 0 aliphatic heterocycles. The van der Waals surface area contributed by atoms with E-state index in [1.807, 2.05) is 31.1 Å². The second kappa shape index (κ2) is 4.24. The highest BCUT2D eigenvalue weighted by Gasteiger charge is 2.06. The summed E-state index contributed by atoms with van der Waals surface area (Å²) < 4.78 is 1.60. The van der Waals surface area contributed by atoms with Gasteiger partial charge in [0.25, 0.3) is 5.56 Å². The van der Waals surface area contributed by atoms with Crippen LogP contribution in [0.4, 0.5) is 5.69 Å². The van der Waals surface area contributed by atoms with Crippen LogP contribution in [0.15, 0.2) is 41.5 Å². The number of hydrogen-bond donors (Lipinski definition) is 1. The Bertz CT molecular complexity index is 770. The first kappa shape index (κ1) is 11.5. The molecule has 0 spiro atoms. The number of H-pyrrole nitrogens is 1. The molecule has 6 nitrogen and oxygen atoms in total. The van der Waals surface area contributed by atoms with Crippen LogP contribution in [0.2, 0.25) is 0 Å². The van der Waals surface area contributed by atoms with Crippen molar-refractivity contribution in [3.8, 4) is 11.4 Å². The van der Waals surface area contributed by atoms with Gasteiger partial charge in [0.1, 0.15) is 5.69 Å². The van der Waals surface area contributed by atoms with Gasteiger partial charge in [-0.05, 0) is 18.2 Å². The molecule has 3 heterocycles. The number of rotatable bonds is 2. The SMILES string of the molecule is CN(C)c1ccc(-c2cn3[nH]c(=O)ccc3n2)nc1. The average Bonchev–Trinajstić information content (AvgIpc) is 2.81. The zero-order valence-corrected chi connectivity index (χ0v) is 10.7. The highest BCUT2D eigenvalue weighted by Crippen LogP contribution is 2.18. The molecule has 0 aliphatic rings. The van der Waals surface area contributed by atoms with Crippen molar-refractivity contribution in [1.29, 1.82) is 0 Å². The Morgan fingerprint density at radius 2 is 2.00 bits per heavy atom. The fourth-order valence-electron chi connectivity index (χ4n) is 1.83. The molecule has 0 fully saturated rings. The summed E-state index contributed by atoms with van der Waals surface area (Å²) >= 11 is 0. The Balaban J connectivity index is 2.06. The van der Waals surface area contributed by atoms with E-state index in [-0.39, 0.29) is 5.56 Å². The van der Waals surface area contributed by atoms with Gasteiger partial charge in [0, 0.05) is 20.2 Å². The van der Waals surface area contributed by atoms with Crippen molar-refractivity contribution in [3.05, 3.63) is 47.0 Å². The van der Waals surface area contributed by atoms with Crippen molar-refractivity contribution in [1.82, 2.24) is 19.6 Å². The van der Waals surface area contributed by atoms with Gasteiger partial charge >= 0.3 is 0 Å². The van der Waals surface area contributed by atoms with Gasteiger partial charge in [-0.1, -0.05) is 0 Å². The highest BCUT2D eigenvalue weighted by atomic mass is 16.1. The Kier molecular flexibility index (Phi) is 2.56. The summed E-state index contributed by atoms with van der Waals surface area (Å²) in [5.41, 5.74) is 3.06. The lowest BCUT2D eigenvalue weighted by Crippen LogP contribution is -2.08. The topological polar surface area (TPSA) is 66.3 Å². The predicted octanol–water partition coefficient (Wildman–Crippen LogP) is 1.15. The monoisotopic (exact) mass is 255 g/mol. The van der Waals surface area contributed by atoms with Crippen molar-refractivity contribution >= 4 is 11.3 Å². The summed E-state index contributed by atoms with van der Waals surface area (Å²) in [6, 6.07) is 7.02. The van der Waals surface area contributed by atoms with E-state index in [4.69, 9.17) is 0 Å². The zero-order valence-electron chi connectivity index (χ0n) is 10.7. The minimum atomic E-state index is -0.160. The number of anilines is 1. The van der Waals surface area contributed by atoms with Gasteiger partial charge in [-0.15, -0.1) is 0 Å². The third-order valence-electron chi connectivity index (χ3n) is 2.87. The van der Waals surface area contributed by atoms with Crippen molar-refractivity contribution in [2.75, 3.05) is 19.0 Å². The number of imidazole rings is 1. The van der Waals surface area contributed by atoms with Gasteiger partial charge in [0.2, 0.25) is 0 Å². The van der Waals surface area contributed by atoms with Crippen molar-refractivity contribution in [2.24, 2.45) is 0 Å². The Morgan fingerprint density at radius 1 is 1.16 bits per heavy atom. The van der Waals surface area contributed by atoms with Crippen LogP contribution in [0.3, 0.4) is 0 Å². The molecule has 0 saturated carbocycles.